The van der Waals surface area contributed by atoms with Crippen molar-refractivity contribution in [2.75, 3.05) is 20.6 Å². The van der Waals surface area contributed by atoms with Crippen LogP contribution in [-0.4, -0.2) is 20.6 Å². The minimum Gasteiger partial charge on any atom is -0.336 e. The number of hydrogen-bond acceptors (Lipinski definition) is 0. The molecule has 0 radical (unpaired) electrons. The van der Waals surface area contributed by atoms with E-state index in [1.807, 2.05) is 14.1 Å². The quantitative estimate of drug-likeness (QED) is 0.590. The zero-order valence-electron chi connectivity index (χ0n) is 5.04. The van der Waals surface area contributed by atoms with Gasteiger partial charge in [0.1, 0.15) is 4.49 Å². The summed E-state index contributed by atoms with van der Waals surface area (Å²) in [5.74, 6) is 0. The van der Waals surface area contributed by atoms with Crippen LogP contribution in [0.1, 0.15) is 0 Å². The largest absolute Gasteiger partial charge is 0.336 e. The number of nitrogens with one attached hydrogen (secondary N) is 1. The Kier molecular flexibility index (Phi) is 4.33. The van der Waals surface area contributed by atoms with E-state index in [0.29, 0.717) is 4.49 Å². The number of halogens is 2. The molecule has 0 aromatic carbocycles. The third-order valence-corrected chi connectivity index (χ3v) is 0.973. The van der Waals surface area contributed by atoms with Gasteiger partial charge in [0, 0.05) is 0 Å². The number of rotatable bonds is 2. The summed E-state index contributed by atoms with van der Waals surface area (Å²) in [5, 5.41) is 0. The van der Waals surface area contributed by atoms with Crippen molar-refractivity contribution in [2.24, 2.45) is 0 Å². The Labute approximate surface area is 59.9 Å². The second-order valence-electron chi connectivity index (χ2n) is 1.91. The molecule has 0 atom stereocenters. The lowest BCUT2D eigenvalue weighted by atomic mass is 10.6. The van der Waals surface area contributed by atoms with E-state index in [4.69, 9.17) is 23.2 Å². The first kappa shape index (κ1) is 8.28. The van der Waals surface area contributed by atoms with Gasteiger partial charge in [-0.2, -0.15) is 0 Å². The maximum atomic E-state index is 5.34. The lowest BCUT2D eigenvalue weighted by Crippen LogP contribution is -3.05. The molecule has 0 aromatic rings. The highest BCUT2D eigenvalue weighted by Gasteiger charge is 1.87. The lowest BCUT2D eigenvalue weighted by Gasteiger charge is -2.00. The Hall–Kier alpha value is 0.280. The van der Waals surface area contributed by atoms with Crippen LogP contribution < -0.4 is 4.90 Å². The van der Waals surface area contributed by atoms with E-state index in [1.165, 1.54) is 4.90 Å². The fourth-order valence-corrected chi connectivity index (χ4v) is 0.436. The molecule has 1 N–H and O–H groups in total. The Morgan fingerprint density at radius 2 is 2.00 bits per heavy atom. The molecule has 0 amide bonds. The summed E-state index contributed by atoms with van der Waals surface area (Å²) < 4.78 is 0.353. The Bertz CT molecular complexity index is 84.4. The predicted molar refractivity (Wildman–Crippen MR) is 37.5 cm³/mol. The minimum absolute atomic E-state index is 0.353. The van der Waals surface area contributed by atoms with Crippen LogP contribution in [0.15, 0.2) is 10.6 Å². The SMILES string of the molecule is C[NH+](C)CC=C(Cl)Cl. The van der Waals surface area contributed by atoms with Crippen LogP contribution in [0.2, 0.25) is 0 Å². The van der Waals surface area contributed by atoms with Crippen molar-refractivity contribution in [3.63, 3.8) is 0 Å². The molecule has 0 fully saturated rings. The Balaban J connectivity index is 3.29. The van der Waals surface area contributed by atoms with Gasteiger partial charge in [0.05, 0.1) is 20.6 Å². The van der Waals surface area contributed by atoms with Crippen LogP contribution in [0, 0.1) is 0 Å². The molecule has 3 heteroatoms. The van der Waals surface area contributed by atoms with Gasteiger partial charge in [-0.05, 0) is 6.08 Å². The van der Waals surface area contributed by atoms with E-state index in [0.717, 1.165) is 6.54 Å². The first-order valence-corrected chi connectivity index (χ1v) is 3.18. The third kappa shape index (κ3) is 6.28. The summed E-state index contributed by atoms with van der Waals surface area (Å²) in [6.07, 6.45) is 1.78. The van der Waals surface area contributed by atoms with E-state index in [9.17, 15) is 0 Å². The smallest absolute Gasteiger partial charge is 0.108 e. The molecule has 0 saturated heterocycles. The summed E-state index contributed by atoms with van der Waals surface area (Å²) in [6.45, 7) is 0.877. The third-order valence-electron chi connectivity index (χ3n) is 0.665. The molecule has 0 rings (SSSR count). The summed E-state index contributed by atoms with van der Waals surface area (Å²) >= 11 is 10.7. The number of likely N-dealkylation sites (N-methyl/N-ethyl adjacent to an activating group) is 1. The molecule has 8 heavy (non-hydrogen) atoms. The summed E-state index contributed by atoms with van der Waals surface area (Å²) in [6, 6.07) is 0. The summed E-state index contributed by atoms with van der Waals surface area (Å²) in [4.78, 5) is 1.31. The highest BCUT2D eigenvalue weighted by Crippen LogP contribution is 2.03. The lowest BCUT2D eigenvalue weighted by molar-refractivity contribution is -0.851. The molecule has 0 heterocycles. The number of hydrogen-bond donors (Lipinski definition) is 1. The van der Waals surface area contributed by atoms with Crippen molar-refractivity contribution >= 4 is 23.2 Å². The maximum absolute atomic E-state index is 5.34. The molecule has 0 aliphatic heterocycles. The molecular weight excluding hydrogens is 145 g/mol. The fourth-order valence-electron chi connectivity index (χ4n) is 0.281. The second-order valence-corrected chi connectivity index (χ2v) is 2.91. The van der Waals surface area contributed by atoms with Gasteiger partial charge in [-0.25, -0.2) is 0 Å². The van der Waals surface area contributed by atoms with E-state index in [2.05, 4.69) is 0 Å². The maximum Gasteiger partial charge on any atom is 0.108 e. The highest BCUT2D eigenvalue weighted by molar-refractivity contribution is 6.55. The van der Waals surface area contributed by atoms with E-state index in [-0.39, 0.29) is 0 Å². The van der Waals surface area contributed by atoms with Gasteiger partial charge in [0.2, 0.25) is 0 Å². The van der Waals surface area contributed by atoms with Crippen molar-refractivity contribution in [1.29, 1.82) is 0 Å². The van der Waals surface area contributed by atoms with Crippen molar-refractivity contribution in [1.82, 2.24) is 0 Å². The van der Waals surface area contributed by atoms with Crippen LogP contribution in [0.5, 0.6) is 0 Å². The Morgan fingerprint density at radius 1 is 1.50 bits per heavy atom. The van der Waals surface area contributed by atoms with Crippen LogP contribution in [-0.2, 0) is 0 Å². The minimum atomic E-state index is 0.353. The molecule has 0 aliphatic rings. The van der Waals surface area contributed by atoms with Gasteiger partial charge >= 0.3 is 0 Å². The van der Waals surface area contributed by atoms with Crippen molar-refractivity contribution in [3.8, 4) is 0 Å². The van der Waals surface area contributed by atoms with Crippen LogP contribution in [0.25, 0.3) is 0 Å². The predicted octanol–water partition coefficient (Wildman–Crippen LogP) is 0.450. The summed E-state index contributed by atoms with van der Waals surface area (Å²) in [7, 11) is 4.07. The van der Waals surface area contributed by atoms with Gasteiger partial charge in [0.25, 0.3) is 0 Å². The van der Waals surface area contributed by atoms with Gasteiger partial charge in [-0.15, -0.1) is 0 Å². The average Bonchev–Trinajstić information content (AvgIpc) is 1.61. The molecule has 0 bridgehead atoms. The molecule has 0 unspecified atom stereocenters. The van der Waals surface area contributed by atoms with Crippen molar-refractivity contribution < 1.29 is 4.90 Å². The van der Waals surface area contributed by atoms with Crippen LogP contribution in [0.3, 0.4) is 0 Å². The van der Waals surface area contributed by atoms with Crippen LogP contribution >= 0.6 is 23.2 Å². The average molecular weight is 155 g/mol. The monoisotopic (exact) mass is 154 g/mol. The van der Waals surface area contributed by atoms with Gasteiger partial charge in [0.15, 0.2) is 0 Å². The molecule has 0 aromatic heterocycles. The van der Waals surface area contributed by atoms with E-state index in [1.54, 1.807) is 6.08 Å². The normalized spacial score (nSPS) is 9.62. The Morgan fingerprint density at radius 3 is 2.12 bits per heavy atom. The number of quaternary nitrogens is 1. The fraction of sp³-hybridized carbons (Fsp3) is 0.600. The van der Waals surface area contributed by atoms with E-state index >= 15 is 0 Å². The highest BCUT2D eigenvalue weighted by atomic mass is 35.5. The van der Waals surface area contributed by atoms with Gasteiger partial charge in [-0.3, -0.25) is 0 Å². The van der Waals surface area contributed by atoms with Gasteiger partial charge < -0.3 is 4.90 Å². The van der Waals surface area contributed by atoms with E-state index < -0.39 is 0 Å². The molecule has 0 spiro atoms. The topological polar surface area (TPSA) is 4.44 Å². The van der Waals surface area contributed by atoms with Crippen molar-refractivity contribution in [3.05, 3.63) is 10.6 Å². The zero-order valence-corrected chi connectivity index (χ0v) is 6.55. The van der Waals surface area contributed by atoms with Crippen LogP contribution in [0.4, 0.5) is 0 Å². The first-order chi connectivity index (χ1) is 3.63. The summed E-state index contributed by atoms with van der Waals surface area (Å²) in [5.41, 5.74) is 0. The van der Waals surface area contributed by atoms with Crippen molar-refractivity contribution in [2.45, 2.75) is 0 Å². The second kappa shape index (κ2) is 4.19. The molecule has 1 nitrogen and oxygen atoms in total. The first-order valence-electron chi connectivity index (χ1n) is 2.43. The molecule has 0 aliphatic carbocycles. The van der Waals surface area contributed by atoms with Gasteiger partial charge in [-0.1, -0.05) is 23.2 Å². The molecule has 48 valence electrons. The molecule has 0 saturated carbocycles. The standard InChI is InChI=1S/C5H9Cl2N/c1-8(2)4-3-5(6)7/h3H,4H2,1-2H3/p+1. The zero-order chi connectivity index (χ0) is 6.57. The molecular formula is C5H10Cl2N+.